The summed E-state index contributed by atoms with van der Waals surface area (Å²) in [6.45, 7) is 5.65. The minimum absolute atomic E-state index is 0.110. The van der Waals surface area contributed by atoms with Crippen molar-refractivity contribution in [2.24, 2.45) is 5.92 Å². The molecule has 0 aromatic heterocycles. The fraction of sp³-hybridized carbons (Fsp3) is 0.600. The van der Waals surface area contributed by atoms with Gasteiger partial charge in [0.2, 0.25) is 0 Å². The van der Waals surface area contributed by atoms with E-state index in [1.54, 1.807) is 6.07 Å². The molecule has 1 saturated heterocycles. The Morgan fingerprint density at radius 3 is 2.84 bits per heavy atom. The number of nitrogens with zero attached hydrogens (tertiary/aromatic N) is 1. The number of hydrogen-bond acceptors (Lipinski definition) is 2. The number of nitrogens with one attached hydrogen (secondary N) is 1. The van der Waals surface area contributed by atoms with Crippen molar-refractivity contribution in [3.8, 4) is 0 Å². The van der Waals surface area contributed by atoms with Crippen molar-refractivity contribution in [2.45, 2.75) is 31.8 Å². The molecular formula is C15H20F2N2. The maximum absolute atomic E-state index is 13.8. The van der Waals surface area contributed by atoms with E-state index >= 15 is 0 Å². The van der Waals surface area contributed by atoms with E-state index in [1.807, 2.05) is 0 Å². The highest BCUT2D eigenvalue weighted by Crippen LogP contribution is 2.44. The number of hydrogen-bond donors (Lipinski definition) is 1. The van der Waals surface area contributed by atoms with Gasteiger partial charge in [-0.15, -0.1) is 0 Å². The highest BCUT2D eigenvalue weighted by atomic mass is 19.1. The Kier molecular flexibility index (Phi) is 3.31. The van der Waals surface area contributed by atoms with Crippen LogP contribution in [0.2, 0.25) is 0 Å². The topological polar surface area (TPSA) is 15.3 Å². The maximum Gasteiger partial charge on any atom is 0.130 e. The number of halogens is 2. The molecule has 3 rings (SSSR count). The summed E-state index contributed by atoms with van der Waals surface area (Å²) in [6, 6.07) is 3.89. The third kappa shape index (κ3) is 2.51. The van der Waals surface area contributed by atoms with E-state index in [1.165, 1.54) is 18.9 Å². The molecule has 2 aliphatic rings. The standard InChI is InChI=1S/C15H20F2N2/c1-15(12-3-4-12)10-18-6-7-19(15)9-11-2-5-13(16)8-14(11)17/h2,5,8,12,18H,3-4,6-7,9-10H2,1H3. The van der Waals surface area contributed by atoms with E-state index in [9.17, 15) is 8.78 Å². The Labute approximate surface area is 112 Å². The van der Waals surface area contributed by atoms with Crippen LogP contribution in [0.15, 0.2) is 18.2 Å². The molecule has 1 aliphatic carbocycles. The van der Waals surface area contributed by atoms with E-state index in [4.69, 9.17) is 0 Å². The molecule has 4 heteroatoms. The predicted molar refractivity (Wildman–Crippen MR) is 70.8 cm³/mol. The van der Waals surface area contributed by atoms with Crippen LogP contribution in [-0.4, -0.2) is 30.1 Å². The van der Waals surface area contributed by atoms with Gasteiger partial charge in [-0.25, -0.2) is 8.78 Å². The fourth-order valence-electron chi connectivity index (χ4n) is 3.15. The second-order valence-electron chi connectivity index (χ2n) is 5.97. The zero-order valence-electron chi connectivity index (χ0n) is 11.3. The summed E-state index contributed by atoms with van der Waals surface area (Å²) in [7, 11) is 0. The van der Waals surface area contributed by atoms with Crippen LogP contribution in [0.5, 0.6) is 0 Å². The lowest BCUT2D eigenvalue weighted by Gasteiger charge is -2.46. The zero-order valence-corrected chi connectivity index (χ0v) is 11.3. The van der Waals surface area contributed by atoms with E-state index in [2.05, 4.69) is 17.1 Å². The summed E-state index contributed by atoms with van der Waals surface area (Å²) in [5, 5.41) is 3.44. The Morgan fingerprint density at radius 2 is 2.16 bits per heavy atom. The van der Waals surface area contributed by atoms with Gasteiger partial charge < -0.3 is 5.32 Å². The molecule has 2 nitrogen and oxygen atoms in total. The molecule has 2 fully saturated rings. The molecule has 0 spiro atoms. The lowest BCUT2D eigenvalue weighted by Crippen LogP contribution is -2.60. The average molecular weight is 266 g/mol. The average Bonchev–Trinajstić information content (AvgIpc) is 3.19. The van der Waals surface area contributed by atoms with Crippen LogP contribution in [0.25, 0.3) is 0 Å². The Hall–Kier alpha value is -1.00. The molecule has 1 aromatic rings. The maximum atomic E-state index is 13.8. The molecule has 0 bridgehead atoms. The molecule has 1 saturated carbocycles. The van der Waals surface area contributed by atoms with Crippen LogP contribution in [0.4, 0.5) is 8.78 Å². The minimum atomic E-state index is -0.508. The summed E-state index contributed by atoms with van der Waals surface area (Å²) in [5.41, 5.74) is 0.703. The van der Waals surface area contributed by atoms with Gasteiger partial charge in [0.15, 0.2) is 0 Å². The van der Waals surface area contributed by atoms with Crippen molar-refractivity contribution in [3.63, 3.8) is 0 Å². The fourth-order valence-corrected chi connectivity index (χ4v) is 3.15. The van der Waals surface area contributed by atoms with Crippen molar-refractivity contribution in [2.75, 3.05) is 19.6 Å². The van der Waals surface area contributed by atoms with E-state index < -0.39 is 11.6 Å². The number of benzene rings is 1. The third-order valence-corrected chi connectivity index (χ3v) is 4.60. The molecule has 0 radical (unpaired) electrons. The van der Waals surface area contributed by atoms with Crippen molar-refractivity contribution in [1.82, 2.24) is 10.2 Å². The normalized spacial score (nSPS) is 28.6. The summed E-state index contributed by atoms with van der Waals surface area (Å²) in [5.74, 6) is -0.230. The van der Waals surface area contributed by atoms with Gasteiger partial charge in [-0.1, -0.05) is 6.07 Å². The Morgan fingerprint density at radius 1 is 1.37 bits per heavy atom. The molecule has 1 unspecified atom stereocenters. The van der Waals surface area contributed by atoms with Gasteiger partial charge in [0.25, 0.3) is 0 Å². The van der Waals surface area contributed by atoms with Gasteiger partial charge in [-0.05, 0) is 31.7 Å². The number of rotatable bonds is 3. The van der Waals surface area contributed by atoms with Crippen molar-refractivity contribution < 1.29 is 8.78 Å². The lowest BCUT2D eigenvalue weighted by atomic mass is 9.90. The highest BCUT2D eigenvalue weighted by molar-refractivity contribution is 5.19. The van der Waals surface area contributed by atoms with Gasteiger partial charge in [0, 0.05) is 43.3 Å². The van der Waals surface area contributed by atoms with Crippen molar-refractivity contribution in [3.05, 3.63) is 35.4 Å². The van der Waals surface area contributed by atoms with Gasteiger partial charge >= 0.3 is 0 Å². The monoisotopic (exact) mass is 266 g/mol. The smallest absolute Gasteiger partial charge is 0.130 e. The summed E-state index contributed by atoms with van der Waals surface area (Å²) in [4.78, 5) is 2.36. The molecule has 1 heterocycles. The minimum Gasteiger partial charge on any atom is -0.314 e. The van der Waals surface area contributed by atoms with Gasteiger partial charge in [0.05, 0.1) is 0 Å². The van der Waals surface area contributed by atoms with Crippen LogP contribution in [-0.2, 0) is 6.54 Å². The van der Waals surface area contributed by atoms with E-state index in [0.717, 1.165) is 25.7 Å². The molecular weight excluding hydrogens is 246 g/mol. The van der Waals surface area contributed by atoms with Gasteiger partial charge in [0.1, 0.15) is 11.6 Å². The molecule has 1 atom stereocenters. The quantitative estimate of drug-likeness (QED) is 0.904. The predicted octanol–water partition coefficient (Wildman–Crippen LogP) is 2.54. The van der Waals surface area contributed by atoms with Gasteiger partial charge in [-0.2, -0.15) is 0 Å². The lowest BCUT2D eigenvalue weighted by molar-refractivity contribution is 0.0475. The van der Waals surface area contributed by atoms with Crippen molar-refractivity contribution in [1.29, 1.82) is 0 Å². The molecule has 19 heavy (non-hydrogen) atoms. The van der Waals surface area contributed by atoms with E-state index in [-0.39, 0.29) is 5.54 Å². The zero-order chi connectivity index (χ0) is 13.5. The molecule has 1 aromatic carbocycles. The van der Waals surface area contributed by atoms with Crippen LogP contribution in [0, 0.1) is 17.6 Å². The van der Waals surface area contributed by atoms with Crippen LogP contribution < -0.4 is 5.32 Å². The van der Waals surface area contributed by atoms with Crippen LogP contribution in [0.3, 0.4) is 0 Å². The first-order chi connectivity index (χ1) is 9.09. The second kappa shape index (κ2) is 4.84. The largest absolute Gasteiger partial charge is 0.314 e. The first kappa shape index (κ1) is 13.0. The summed E-state index contributed by atoms with van der Waals surface area (Å²) in [6.07, 6.45) is 2.53. The third-order valence-electron chi connectivity index (χ3n) is 4.60. The first-order valence-electron chi connectivity index (χ1n) is 6.99. The second-order valence-corrected chi connectivity index (χ2v) is 5.97. The highest BCUT2D eigenvalue weighted by Gasteiger charge is 2.46. The molecule has 1 aliphatic heterocycles. The summed E-state index contributed by atoms with van der Waals surface area (Å²) >= 11 is 0. The van der Waals surface area contributed by atoms with Gasteiger partial charge in [-0.3, -0.25) is 4.90 Å². The van der Waals surface area contributed by atoms with Crippen LogP contribution >= 0.6 is 0 Å². The molecule has 0 amide bonds. The first-order valence-corrected chi connectivity index (χ1v) is 6.99. The SMILES string of the molecule is CC1(C2CC2)CNCCN1Cc1ccc(F)cc1F. The Balaban J connectivity index is 1.80. The molecule has 1 N–H and O–H groups in total. The van der Waals surface area contributed by atoms with Crippen LogP contribution in [0.1, 0.15) is 25.3 Å². The Bertz CT molecular complexity index is 473. The number of piperazine rings is 1. The summed E-state index contributed by atoms with van der Waals surface area (Å²) < 4.78 is 26.7. The van der Waals surface area contributed by atoms with Crippen molar-refractivity contribution >= 4 is 0 Å². The van der Waals surface area contributed by atoms with E-state index in [0.29, 0.717) is 18.0 Å². The molecule has 104 valence electrons.